The summed E-state index contributed by atoms with van der Waals surface area (Å²) in [7, 11) is 1.91. The number of carbonyl (C=O) groups is 1. The number of anilines is 1. The number of rotatable bonds is 11. The molecule has 4 rings (SSSR count). The Hall–Kier alpha value is -2.74. The number of carbonyl (C=O) groups excluding carboxylic acids is 1. The lowest BCUT2D eigenvalue weighted by atomic mass is 10.0. The minimum atomic E-state index is -0.322. The van der Waals surface area contributed by atoms with Gasteiger partial charge in [-0.15, -0.1) is 11.3 Å². The Bertz CT molecular complexity index is 1090. The van der Waals surface area contributed by atoms with Crippen molar-refractivity contribution in [3.8, 4) is 5.75 Å². The molecule has 1 atom stereocenters. The van der Waals surface area contributed by atoms with Crippen LogP contribution in [-0.2, 0) is 11.3 Å². The van der Waals surface area contributed by atoms with Crippen LogP contribution in [0, 0.1) is 5.82 Å². The third-order valence-electron chi connectivity index (χ3n) is 6.75. The van der Waals surface area contributed by atoms with Crippen molar-refractivity contribution in [2.45, 2.75) is 51.3 Å². The molecule has 0 radical (unpaired) electrons. The van der Waals surface area contributed by atoms with E-state index in [2.05, 4.69) is 10.2 Å². The number of nitrogens with zero attached hydrogens (tertiary/aromatic N) is 2. The summed E-state index contributed by atoms with van der Waals surface area (Å²) in [6.45, 7) is 5.01. The molecule has 1 aromatic heterocycles. The second kappa shape index (κ2) is 13.0. The van der Waals surface area contributed by atoms with Crippen molar-refractivity contribution in [3.63, 3.8) is 0 Å². The summed E-state index contributed by atoms with van der Waals surface area (Å²) in [5, 5.41) is 5.20. The molecule has 1 amide bonds. The molecular formula is C29H36FN3O2S. The fourth-order valence-electron chi connectivity index (χ4n) is 4.86. The third-order valence-corrected chi connectivity index (χ3v) is 7.71. The summed E-state index contributed by atoms with van der Waals surface area (Å²) in [6, 6.07) is 19.4. The maximum Gasteiger partial charge on any atom is 0.226 e. The molecule has 7 heteroatoms. The van der Waals surface area contributed by atoms with Gasteiger partial charge < -0.3 is 15.0 Å². The van der Waals surface area contributed by atoms with E-state index in [9.17, 15) is 4.79 Å². The number of likely N-dealkylation sites (tertiary alicyclic amines) is 1. The summed E-state index contributed by atoms with van der Waals surface area (Å²) < 4.78 is 21.4. The first-order chi connectivity index (χ1) is 17.6. The van der Waals surface area contributed by atoms with E-state index in [0.29, 0.717) is 18.7 Å². The summed E-state index contributed by atoms with van der Waals surface area (Å²) >= 11 is 1.64. The number of hydrogen-bond donors (Lipinski definition) is 1. The number of thiophene rings is 1. The highest BCUT2D eigenvalue weighted by Gasteiger charge is 2.29. The lowest BCUT2D eigenvalue weighted by Gasteiger charge is -2.38. The number of hydrogen-bond acceptors (Lipinski definition) is 5. The van der Waals surface area contributed by atoms with E-state index in [1.165, 1.54) is 6.07 Å². The molecule has 1 N–H and O–H groups in total. The Morgan fingerprint density at radius 2 is 1.92 bits per heavy atom. The van der Waals surface area contributed by atoms with Crippen LogP contribution in [0.3, 0.4) is 0 Å². The first-order valence-corrected chi connectivity index (χ1v) is 13.7. The molecule has 0 saturated carbocycles. The molecule has 0 spiro atoms. The molecule has 0 bridgehead atoms. The molecule has 0 aliphatic carbocycles. The van der Waals surface area contributed by atoms with Crippen LogP contribution in [-0.4, -0.2) is 43.5 Å². The normalized spacial score (nSPS) is 15.5. The van der Waals surface area contributed by atoms with Crippen molar-refractivity contribution in [1.82, 2.24) is 10.2 Å². The predicted molar refractivity (Wildman–Crippen MR) is 145 cm³/mol. The van der Waals surface area contributed by atoms with Gasteiger partial charge in [0.1, 0.15) is 6.10 Å². The molecule has 1 aliphatic heterocycles. The average Bonchev–Trinajstić information content (AvgIpc) is 3.44. The van der Waals surface area contributed by atoms with E-state index in [4.69, 9.17) is 4.74 Å². The van der Waals surface area contributed by atoms with Crippen molar-refractivity contribution in [3.05, 3.63) is 82.3 Å². The first-order valence-electron chi connectivity index (χ1n) is 12.8. The zero-order chi connectivity index (χ0) is 25.3. The van der Waals surface area contributed by atoms with Crippen molar-refractivity contribution in [1.29, 1.82) is 0 Å². The van der Waals surface area contributed by atoms with Gasteiger partial charge >= 0.3 is 0 Å². The number of halogens is 1. The molecule has 1 unspecified atom stereocenters. The number of para-hydroxylation sites is 2. The van der Waals surface area contributed by atoms with E-state index in [-0.39, 0.29) is 23.9 Å². The fourth-order valence-corrected chi connectivity index (χ4v) is 5.64. The van der Waals surface area contributed by atoms with E-state index >= 15 is 4.39 Å². The summed E-state index contributed by atoms with van der Waals surface area (Å²) in [5.41, 5.74) is 1.83. The van der Waals surface area contributed by atoms with E-state index in [0.717, 1.165) is 55.0 Å². The van der Waals surface area contributed by atoms with Gasteiger partial charge in [0.15, 0.2) is 11.6 Å². The Labute approximate surface area is 217 Å². The Morgan fingerprint density at radius 1 is 1.14 bits per heavy atom. The number of piperidine rings is 1. The minimum Gasteiger partial charge on any atom is -0.481 e. The molecule has 5 nitrogen and oxygen atoms in total. The van der Waals surface area contributed by atoms with Crippen LogP contribution in [0.2, 0.25) is 0 Å². The molecule has 2 heterocycles. The molecule has 3 aromatic rings. The van der Waals surface area contributed by atoms with Crippen molar-refractivity contribution < 1.29 is 13.9 Å². The van der Waals surface area contributed by atoms with Gasteiger partial charge in [-0.3, -0.25) is 9.69 Å². The predicted octanol–water partition coefficient (Wildman–Crippen LogP) is 6.02. The van der Waals surface area contributed by atoms with E-state index in [1.807, 2.05) is 72.8 Å². The molecular weight excluding hydrogens is 473 g/mol. The van der Waals surface area contributed by atoms with Gasteiger partial charge in [-0.05, 0) is 56.1 Å². The van der Waals surface area contributed by atoms with Crippen molar-refractivity contribution in [2.75, 3.05) is 31.6 Å². The van der Waals surface area contributed by atoms with Crippen LogP contribution >= 0.6 is 11.3 Å². The van der Waals surface area contributed by atoms with Crippen LogP contribution in [0.15, 0.2) is 66.0 Å². The van der Waals surface area contributed by atoms with E-state index < -0.39 is 0 Å². The maximum atomic E-state index is 15.0. The highest BCUT2D eigenvalue weighted by Crippen LogP contribution is 2.33. The van der Waals surface area contributed by atoms with Crippen LogP contribution < -0.4 is 15.0 Å². The average molecular weight is 510 g/mol. The molecule has 1 aliphatic rings. The zero-order valence-corrected chi connectivity index (χ0v) is 22.0. The molecule has 36 heavy (non-hydrogen) atoms. The van der Waals surface area contributed by atoms with Crippen LogP contribution in [0.5, 0.6) is 5.75 Å². The van der Waals surface area contributed by atoms with E-state index in [1.54, 1.807) is 17.4 Å². The molecule has 2 aromatic carbocycles. The fraction of sp³-hybridized carbons (Fsp3) is 0.414. The number of amides is 1. The van der Waals surface area contributed by atoms with Gasteiger partial charge in [-0.25, -0.2) is 4.39 Å². The van der Waals surface area contributed by atoms with Gasteiger partial charge in [-0.2, -0.15) is 0 Å². The Kier molecular flexibility index (Phi) is 9.50. The van der Waals surface area contributed by atoms with Crippen molar-refractivity contribution in [2.24, 2.45) is 0 Å². The maximum absolute atomic E-state index is 15.0. The second-order valence-electron chi connectivity index (χ2n) is 9.20. The van der Waals surface area contributed by atoms with Crippen LogP contribution in [0.1, 0.15) is 49.2 Å². The van der Waals surface area contributed by atoms with Gasteiger partial charge in [0, 0.05) is 54.6 Å². The smallest absolute Gasteiger partial charge is 0.226 e. The van der Waals surface area contributed by atoms with Crippen molar-refractivity contribution >= 4 is 22.9 Å². The van der Waals surface area contributed by atoms with Gasteiger partial charge in [0.25, 0.3) is 0 Å². The zero-order valence-electron chi connectivity index (χ0n) is 21.2. The molecule has 1 saturated heterocycles. The molecule has 1 fully saturated rings. The Balaban J connectivity index is 1.45. The highest BCUT2D eigenvalue weighted by atomic mass is 32.1. The highest BCUT2D eigenvalue weighted by molar-refractivity contribution is 7.10. The lowest BCUT2D eigenvalue weighted by Crippen LogP contribution is -2.47. The van der Waals surface area contributed by atoms with Crippen LogP contribution in [0.25, 0.3) is 0 Å². The quantitative estimate of drug-likeness (QED) is 0.343. The summed E-state index contributed by atoms with van der Waals surface area (Å²) in [6.07, 6.45) is 2.81. The number of nitrogens with one attached hydrogen (secondary N) is 1. The summed E-state index contributed by atoms with van der Waals surface area (Å²) in [4.78, 5) is 18.2. The molecule has 192 valence electrons. The second-order valence-corrected chi connectivity index (χ2v) is 10.2. The summed E-state index contributed by atoms with van der Waals surface area (Å²) in [5.74, 6) is 0.181. The van der Waals surface area contributed by atoms with Crippen LogP contribution in [0.4, 0.5) is 10.1 Å². The lowest BCUT2D eigenvalue weighted by molar-refractivity contribution is -0.119. The van der Waals surface area contributed by atoms with Gasteiger partial charge in [0.05, 0.1) is 0 Å². The van der Waals surface area contributed by atoms with Gasteiger partial charge in [0.2, 0.25) is 5.91 Å². The minimum absolute atomic E-state index is 0.154. The monoisotopic (exact) mass is 509 g/mol. The third kappa shape index (κ3) is 6.52. The first kappa shape index (κ1) is 26.3. The standard InChI is InChI=1S/C29H36FN3O2S/c1-3-28(34)33(23-10-5-4-6-11-23)24-15-18-32(19-16-24)21-22-9-7-12-25(30)29(22)35-26(14-17-31-2)27-13-8-20-36-27/h4-13,20,24,26,31H,3,14-19,21H2,1-2H3. The SMILES string of the molecule is CCC(=O)N(c1ccccc1)C1CCN(Cc2cccc(F)c2OC(CCNC)c2cccs2)CC1. The van der Waals surface area contributed by atoms with Gasteiger partial charge in [-0.1, -0.05) is 43.3 Å². The number of benzene rings is 2. The largest absolute Gasteiger partial charge is 0.481 e. The number of ether oxygens (including phenoxy) is 1. The topological polar surface area (TPSA) is 44.8 Å². The Morgan fingerprint density at radius 3 is 2.58 bits per heavy atom.